The Morgan fingerprint density at radius 1 is 1.18 bits per heavy atom. The van der Waals surface area contributed by atoms with E-state index in [1.165, 1.54) is 23.8 Å². The van der Waals surface area contributed by atoms with E-state index >= 15 is 0 Å². The number of nitrogen functional groups attached to an aromatic ring is 1. The first-order valence-electron chi connectivity index (χ1n) is 7.13. The molecule has 0 spiro atoms. The molecule has 0 fully saturated rings. The largest absolute Gasteiger partial charge is 0.468 e. The van der Waals surface area contributed by atoms with Crippen molar-refractivity contribution in [2.24, 2.45) is 0 Å². The summed E-state index contributed by atoms with van der Waals surface area (Å²) in [6, 6.07) is 14.2. The Labute approximate surface area is 135 Å². The number of benzene rings is 2. The van der Waals surface area contributed by atoms with Gasteiger partial charge in [0.1, 0.15) is 0 Å². The minimum Gasteiger partial charge on any atom is -0.468 e. The second-order valence-corrected chi connectivity index (χ2v) is 6.35. The Balaban J connectivity index is 2.41. The summed E-state index contributed by atoms with van der Waals surface area (Å²) in [6.45, 7) is 4.16. The van der Waals surface area contributed by atoms with Crippen LogP contribution in [-0.4, -0.2) is 18.8 Å². The van der Waals surface area contributed by atoms with Gasteiger partial charge in [0.05, 0.1) is 18.1 Å². The van der Waals surface area contributed by atoms with Gasteiger partial charge in [0.2, 0.25) is 0 Å². The fourth-order valence-corrected chi connectivity index (χ4v) is 3.69. The smallest absolute Gasteiger partial charge is 0.315 e. The number of aryl methyl sites for hydroxylation is 2. The van der Waals surface area contributed by atoms with Gasteiger partial charge in [0, 0.05) is 5.69 Å². The zero-order chi connectivity index (χ0) is 16.1. The zero-order valence-electron chi connectivity index (χ0n) is 13.1. The average molecular weight is 315 g/mol. The van der Waals surface area contributed by atoms with Crippen LogP contribution < -0.4 is 5.73 Å². The van der Waals surface area contributed by atoms with Crippen LogP contribution in [0.15, 0.2) is 42.5 Å². The number of rotatable bonds is 5. The van der Waals surface area contributed by atoms with Crippen LogP contribution in [0.1, 0.15) is 27.5 Å². The Hall–Kier alpha value is -1.94. The molecule has 2 aromatic rings. The summed E-state index contributed by atoms with van der Waals surface area (Å²) in [4.78, 5) is 11.5. The highest BCUT2D eigenvalue weighted by Gasteiger charge is 2.20. The topological polar surface area (TPSA) is 52.3 Å². The van der Waals surface area contributed by atoms with E-state index in [4.69, 9.17) is 10.5 Å². The molecular formula is C18H21NO2S. The number of carbonyl (C=O) groups is 1. The molecule has 2 rings (SSSR count). The summed E-state index contributed by atoms with van der Waals surface area (Å²) in [5.74, 6) is 0.0669. The molecule has 4 heteroatoms. The SMILES string of the molecule is COC(=O)CSC(c1ccc(C)cc1C)c1ccccc1N. The second kappa shape index (κ2) is 7.36. The number of hydrogen-bond donors (Lipinski definition) is 1. The molecule has 1 atom stereocenters. The maximum atomic E-state index is 11.5. The first-order valence-corrected chi connectivity index (χ1v) is 8.17. The molecule has 2 N–H and O–H groups in total. The molecule has 0 saturated heterocycles. The molecule has 3 nitrogen and oxygen atoms in total. The van der Waals surface area contributed by atoms with Gasteiger partial charge in [-0.15, -0.1) is 11.8 Å². The Morgan fingerprint density at radius 2 is 1.91 bits per heavy atom. The highest BCUT2D eigenvalue weighted by Crippen LogP contribution is 2.39. The number of nitrogens with two attached hydrogens (primary N) is 1. The first-order chi connectivity index (χ1) is 10.5. The Bertz CT molecular complexity index is 670. The number of para-hydroxylation sites is 1. The van der Waals surface area contributed by atoms with Crippen LogP contribution in [0, 0.1) is 13.8 Å². The molecule has 0 aliphatic heterocycles. The van der Waals surface area contributed by atoms with E-state index in [2.05, 4.69) is 32.0 Å². The molecule has 22 heavy (non-hydrogen) atoms. The van der Waals surface area contributed by atoms with Gasteiger partial charge >= 0.3 is 5.97 Å². The molecule has 0 bridgehead atoms. The number of methoxy groups -OCH3 is 1. The van der Waals surface area contributed by atoms with Crippen LogP contribution in [0.4, 0.5) is 5.69 Å². The van der Waals surface area contributed by atoms with Crippen molar-refractivity contribution in [2.75, 3.05) is 18.6 Å². The van der Waals surface area contributed by atoms with Crippen LogP contribution in [0.5, 0.6) is 0 Å². The normalized spacial score (nSPS) is 12.0. The summed E-state index contributed by atoms with van der Waals surface area (Å²) >= 11 is 1.54. The number of ether oxygens (including phenoxy) is 1. The Kier molecular flexibility index (Phi) is 5.50. The van der Waals surface area contributed by atoms with E-state index in [0.717, 1.165) is 11.3 Å². The highest BCUT2D eigenvalue weighted by molar-refractivity contribution is 8.00. The summed E-state index contributed by atoms with van der Waals surface area (Å²) in [6.07, 6.45) is 0. The van der Waals surface area contributed by atoms with Crippen molar-refractivity contribution in [2.45, 2.75) is 19.1 Å². The zero-order valence-corrected chi connectivity index (χ0v) is 13.9. The maximum Gasteiger partial charge on any atom is 0.315 e. The minimum atomic E-state index is -0.228. The van der Waals surface area contributed by atoms with Gasteiger partial charge in [0.15, 0.2) is 0 Å². The summed E-state index contributed by atoms with van der Waals surface area (Å²) in [7, 11) is 1.41. The van der Waals surface area contributed by atoms with Crippen LogP contribution in [0.3, 0.4) is 0 Å². The van der Waals surface area contributed by atoms with E-state index in [0.29, 0.717) is 5.75 Å². The van der Waals surface area contributed by atoms with Crippen molar-refractivity contribution in [3.63, 3.8) is 0 Å². The molecule has 0 amide bonds. The molecule has 0 aromatic heterocycles. The molecule has 2 aromatic carbocycles. The van der Waals surface area contributed by atoms with Crippen LogP contribution in [-0.2, 0) is 9.53 Å². The second-order valence-electron chi connectivity index (χ2n) is 5.26. The lowest BCUT2D eigenvalue weighted by Crippen LogP contribution is -2.09. The van der Waals surface area contributed by atoms with E-state index in [-0.39, 0.29) is 11.2 Å². The molecule has 0 saturated carbocycles. The molecular weight excluding hydrogens is 294 g/mol. The van der Waals surface area contributed by atoms with Gasteiger partial charge in [0.25, 0.3) is 0 Å². The predicted octanol–water partition coefficient (Wildman–Crippen LogP) is 3.88. The highest BCUT2D eigenvalue weighted by atomic mass is 32.2. The van der Waals surface area contributed by atoms with Crippen LogP contribution in [0.2, 0.25) is 0 Å². The van der Waals surface area contributed by atoms with E-state index in [1.807, 2.05) is 24.3 Å². The molecule has 0 aliphatic carbocycles. The maximum absolute atomic E-state index is 11.5. The van der Waals surface area contributed by atoms with Crippen LogP contribution >= 0.6 is 11.8 Å². The lowest BCUT2D eigenvalue weighted by Gasteiger charge is -2.21. The number of carbonyl (C=O) groups excluding carboxylic acids is 1. The lowest BCUT2D eigenvalue weighted by atomic mass is 9.97. The number of thioether (sulfide) groups is 1. The van der Waals surface area contributed by atoms with Gasteiger partial charge in [-0.3, -0.25) is 4.79 Å². The monoisotopic (exact) mass is 315 g/mol. The van der Waals surface area contributed by atoms with E-state index in [1.54, 1.807) is 11.8 Å². The van der Waals surface area contributed by atoms with Crippen molar-refractivity contribution >= 4 is 23.4 Å². The predicted molar refractivity (Wildman–Crippen MR) is 93.1 cm³/mol. The molecule has 0 aliphatic rings. The average Bonchev–Trinajstić information content (AvgIpc) is 2.50. The van der Waals surface area contributed by atoms with E-state index in [9.17, 15) is 4.79 Å². The van der Waals surface area contributed by atoms with Crippen LogP contribution in [0.25, 0.3) is 0 Å². The van der Waals surface area contributed by atoms with Gasteiger partial charge < -0.3 is 10.5 Å². The van der Waals surface area contributed by atoms with Gasteiger partial charge in [-0.1, -0.05) is 42.0 Å². The van der Waals surface area contributed by atoms with Crippen molar-refractivity contribution in [1.82, 2.24) is 0 Å². The minimum absolute atomic E-state index is 0.0147. The van der Waals surface area contributed by atoms with Gasteiger partial charge in [-0.2, -0.15) is 0 Å². The van der Waals surface area contributed by atoms with E-state index < -0.39 is 0 Å². The third-order valence-electron chi connectivity index (χ3n) is 3.58. The summed E-state index contributed by atoms with van der Waals surface area (Å²) in [5.41, 5.74) is 11.5. The lowest BCUT2D eigenvalue weighted by molar-refractivity contribution is -0.137. The van der Waals surface area contributed by atoms with Crippen molar-refractivity contribution in [3.05, 3.63) is 64.7 Å². The van der Waals surface area contributed by atoms with Crippen molar-refractivity contribution in [1.29, 1.82) is 0 Å². The van der Waals surface area contributed by atoms with Gasteiger partial charge in [-0.05, 0) is 36.6 Å². The van der Waals surface area contributed by atoms with Gasteiger partial charge in [-0.25, -0.2) is 0 Å². The molecule has 0 heterocycles. The number of esters is 1. The number of anilines is 1. The quantitative estimate of drug-likeness (QED) is 0.672. The third-order valence-corrected chi connectivity index (χ3v) is 4.83. The molecule has 116 valence electrons. The summed E-state index contributed by atoms with van der Waals surface area (Å²) in [5, 5.41) is 0.0147. The molecule has 0 radical (unpaired) electrons. The molecule has 1 unspecified atom stereocenters. The number of hydrogen-bond acceptors (Lipinski definition) is 4. The first kappa shape index (κ1) is 16.4. The Morgan fingerprint density at radius 3 is 2.55 bits per heavy atom. The standard InChI is InChI=1S/C18H21NO2S/c1-12-8-9-14(13(2)10-12)18(22-11-17(20)21-3)15-6-4-5-7-16(15)19/h4-10,18H,11,19H2,1-3H3. The summed E-state index contributed by atoms with van der Waals surface area (Å²) < 4.78 is 4.76. The third kappa shape index (κ3) is 3.83. The fourth-order valence-electron chi connectivity index (χ4n) is 2.43. The fraction of sp³-hybridized carbons (Fsp3) is 0.278. The van der Waals surface area contributed by atoms with Crippen molar-refractivity contribution in [3.8, 4) is 0 Å². The van der Waals surface area contributed by atoms with Crippen molar-refractivity contribution < 1.29 is 9.53 Å².